The van der Waals surface area contributed by atoms with Crippen molar-refractivity contribution in [2.75, 3.05) is 11.9 Å². The Morgan fingerprint density at radius 2 is 2.00 bits per heavy atom. The number of thiophene rings is 1. The van der Waals surface area contributed by atoms with Crippen LogP contribution in [0.1, 0.15) is 59.0 Å². The molecule has 2 aromatic heterocycles. The minimum Gasteiger partial charge on any atom is -0.352 e. The molecule has 2 N–H and O–H groups in total. The molecule has 0 saturated heterocycles. The number of hydrogen-bond acceptors (Lipinski definition) is 5. The monoisotopic (exact) mass is 451 g/mol. The Morgan fingerprint density at radius 3 is 2.88 bits per heavy atom. The summed E-state index contributed by atoms with van der Waals surface area (Å²) in [5.41, 5.74) is 1.17. The van der Waals surface area contributed by atoms with Crippen molar-refractivity contribution in [3.05, 3.63) is 63.9 Å². The Hall–Kier alpha value is -3.00. The van der Waals surface area contributed by atoms with E-state index in [2.05, 4.69) is 31.5 Å². The second kappa shape index (κ2) is 11.0. The lowest BCUT2D eigenvalue weighted by Gasteiger charge is -2.09. The van der Waals surface area contributed by atoms with Gasteiger partial charge in [0.15, 0.2) is 0 Å². The maximum absolute atomic E-state index is 12.6. The van der Waals surface area contributed by atoms with Crippen molar-refractivity contribution < 1.29 is 9.59 Å². The van der Waals surface area contributed by atoms with Crippen molar-refractivity contribution in [2.24, 2.45) is 0 Å². The van der Waals surface area contributed by atoms with E-state index < -0.39 is 0 Å². The van der Waals surface area contributed by atoms with Gasteiger partial charge in [0.2, 0.25) is 5.91 Å². The molecule has 0 radical (unpaired) electrons. The van der Waals surface area contributed by atoms with E-state index in [4.69, 9.17) is 0 Å². The van der Waals surface area contributed by atoms with Crippen molar-refractivity contribution in [3.8, 4) is 0 Å². The van der Waals surface area contributed by atoms with E-state index in [9.17, 15) is 9.59 Å². The number of amides is 2. The Balaban J connectivity index is 1.24. The van der Waals surface area contributed by atoms with Gasteiger partial charge in [-0.3, -0.25) is 9.59 Å². The first-order chi connectivity index (χ1) is 15.7. The van der Waals surface area contributed by atoms with E-state index in [1.165, 1.54) is 11.3 Å². The van der Waals surface area contributed by atoms with Crippen LogP contribution in [-0.4, -0.2) is 33.1 Å². The normalized spacial score (nSPS) is 13.2. The number of anilines is 1. The zero-order valence-corrected chi connectivity index (χ0v) is 19.0. The summed E-state index contributed by atoms with van der Waals surface area (Å²) in [5.74, 6) is 1.80. The molecule has 0 unspecified atom stereocenters. The number of nitrogens with one attached hydrogen (secondary N) is 2. The molecule has 1 aliphatic rings. The van der Waals surface area contributed by atoms with Gasteiger partial charge in [0, 0.05) is 48.5 Å². The Labute approximate surface area is 192 Å². The van der Waals surface area contributed by atoms with E-state index in [0.717, 1.165) is 50.3 Å². The summed E-state index contributed by atoms with van der Waals surface area (Å²) < 4.78 is 2.20. The third-order valence-electron chi connectivity index (χ3n) is 5.64. The third kappa shape index (κ3) is 6.03. The maximum Gasteiger partial charge on any atom is 0.251 e. The lowest BCUT2D eigenvalue weighted by atomic mass is 10.1. The molecule has 3 heterocycles. The lowest BCUT2D eigenvalue weighted by Crippen LogP contribution is -2.26. The van der Waals surface area contributed by atoms with Crippen molar-refractivity contribution >= 4 is 28.8 Å². The molecule has 0 saturated carbocycles. The summed E-state index contributed by atoms with van der Waals surface area (Å²) in [6.45, 7) is 1.46. The molecule has 7 nitrogen and oxygen atoms in total. The molecule has 0 bridgehead atoms. The van der Waals surface area contributed by atoms with E-state index in [-0.39, 0.29) is 11.8 Å². The number of nitrogens with zero attached hydrogens (tertiary/aromatic N) is 3. The van der Waals surface area contributed by atoms with E-state index in [0.29, 0.717) is 30.6 Å². The second-order valence-electron chi connectivity index (χ2n) is 8.06. The van der Waals surface area contributed by atoms with E-state index in [1.54, 1.807) is 35.6 Å². The molecule has 0 atom stereocenters. The third-order valence-corrected chi connectivity index (χ3v) is 6.57. The number of fused-ring (bicyclic) bond motifs is 1. The Kier molecular flexibility index (Phi) is 7.66. The van der Waals surface area contributed by atoms with Crippen LogP contribution in [-0.2, 0) is 30.6 Å². The Bertz CT molecular complexity index is 1040. The first-order valence-corrected chi connectivity index (χ1v) is 12.2. The topological polar surface area (TPSA) is 88.9 Å². The molecule has 168 valence electrons. The average molecular weight is 452 g/mol. The molecule has 1 aliphatic heterocycles. The largest absolute Gasteiger partial charge is 0.352 e. The highest BCUT2D eigenvalue weighted by Crippen LogP contribution is 2.16. The molecule has 3 aromatic rings. The van der Waals surface area contributed by atoms with Crippen molar-refractivity contribution in [2.45, 2.75) is 57.9 Å². The SMILES string of the molecule is O=C(CCCc1cccs1)Nc1cccc(C(=O)NCCc2nnc3n2CCCCC3)c1. The van der Waals surface area contributed by atoms with Gasteiger partial charge in [0.25, 0.3) is 5.91 Å². The van der Waals surface area contributed by atoms with Crippen LogP contribution in [0.3, 0.4) is 0 Å². The zero-order valence-electron chi connectivity index (χ0n) is 18.2. The van der Waals surface area contributed by atoms with Gasteiger partial charge >= 0.3 is 0 Å². The van der Waals surface area contributed by atoms with Crippen LogP contribution in [0.5, 0.6) is 0 Å². The maximum atomic E-state index is 12.6. The molecule has 1 aromatic carbocycles. The standard InChI is InChI=1S/C24H29N5O2S/c30-23(12-5-9-20-10-6-16-32-20)26-19-8-4-7-18(17-19)24(31)25-14-13-22-28-27-21-11-2-1-3-15-29(21)22/h4,6-8,10,16-17H,1-3,5,9,11-15H2,(H,25,31)(H,26,30). The number of hydrogen-bond donors (Lipinski definition) is 2. The van der Waals surface area contributed by atoms with Crippen LogP contribution in [0.25, 0.3) is 0 Å². The molecular weight excluding hydrogens is 422 g/mol. The highest BCUT2D eigenvalue weighted by molar-refractivity contribution is 7.09. The first-order valence-electron chi connectivity index (χ1n) is 11.3. The predicted molar refractivity (Wildman–Crippen MR) is 126 cm³/mol. The van der Waals surface area contributed by atoms with Gasteiger partial charge in [-0.2, -0.15) is 0 Å². The van der Waals surface area contributed by atoms with Crippen LogP contribution >= 0.6 is 11.3 Å². The Morgan fingerprint density at radius 1 is 1.06 bits per heavy atom. The minimum absolute atomic E-state index is 0.0355. The fourth-order valence-electron chi connectivity index (χ4n) is 3.96. The summed E-state index contributed by atoms with van der Waals surface area (Å²) in [5, 5.41) is 16.5. The van der Waals surface area contributed by atoms with Crippen LogP contribution < -0.4 is 10.6 Å². The van der Waals surface area contributed by atoms with Gasteiger partial charge in [0.05, 0.1) is 0 Å². The number of carbonyl (C=O) groups is 2. The van der Waals surface area contributed by atoms with Gasteiger partial charge < -0.3 is 15.2 Å². The fourth-order valence-corrected chi connectivity index (χ4v) is 4.71. The highest BCUT2D eigenvalue weighted by atomic mass is 32.1. The molecule has 0 aliphatic carbocycles. The van der Waals surface area contributed by atoms with Crippen molar-refractivity contribution in [3.63, 3.8) is 0 Å². The minimum atomic E-state index is -0.158. The molecular formula is C24H29N5O2S. The number of benzene rings is 1. The number of aryl methyl sites for hydroxylation is 2. The van der Waals surface area contributed by atoms with Gasteiger partial charge in [-0.25, -0.2) is 0 Å². The number of rotatable bonds is 9. The summed E-state index contributed by atoms with van der Waals surface area (Å²) in [6, 6.07) is 11.2. The summed E-state index contributed by atoms with van der Waals surface area (Å²) in [4.78, 5) is 26.1. The summed E-state index contributed by atoms with van der Waals surface area (Å²) in [7, 11) is 0. The quantitative estimate of drug-likeness (QED) is 0.515. The first kappa shape index (κ1) is 22.2. The van der Waals surface area contributed by atoms with Crippen LogP contribution in [0.4, 0.5) is 5.69 Å². The van der Waals surface area contributed by atoms with Crippen LogP contribution in [0.15, 0.2) is 41.8 Å². The summed E-state index contributed by atoms with van der Waals surface area (Å²) >= 11 is 1.71. The molecule has 0 fully saturated rings. The van der Waals surface area contributed by atoms with E-state index >= 15 is 0 Å². The molecule has 0 spiro atoms. The average Bonchev–Trinajstić information content (AvgIpc) is 3.38. The molecule has 32 heavy (non-hydrogen) atoms. The summed E-state index contributed by atoms with van der Waals surface area (Å²) in [6.07, 6.45) is 7.33. The van der Waals surface area contributed by atoms with E-state index in [1.807, 2.05) is 11.4 Å². The number of aromatic nitrogens is 3. The second-order valence-corrected chi connectivity index (χ2v) is 9.09. The molecule has 8 heteroatoms. The van der Waals surface area contributed by atoms with Crippen LogP contribution in [0.2, 0.25) is 0 Å². The lowest BCUT2D eigenvalue weighted by molar-refractivity contribution is -0.116. The van der Waals surface area contributed by atoms with Gasteiger partial charge in [-0.05, 0) is 55.3 Å². The van der Waals surface area contributed by atoms with Crippen LogP contribution in [0, 0.1) is 0 Å². The zero-order chi connectivity index (χ0) is 22.2. The van der Waals surface area contributed by atoms with Crippen molar-refractivity contribution in [1.29, 1.82) is 0 Å². The fraction of sp³-hybridized carbons (Fsp3) is 0.417. The van der Waals surface area contributed by atoms with Gasteiger partial charge in [-0.1, -0.05) is 18.6 Å². The molecule has 2 amide bonds. The van der Waals surface area contributed by atoms with Gasteiger partial charge in [-0.15, -0.1) is 21.5 Å². The smallest absolute Gasteiger partial charge is 0.251 e. The van der Waals surface area contributed by atoms with Gasteiger partial charge in [0.1, 0.15) is 11.6 Å². The van der Waals surface area contributed by atoms with Crippen molar-refractivity contribution in [1.82, 2.24) is 20.1 Å². The number of carbonyl (C=O) groups excluding carboxylic acids is 2. The highest BCUT2D eigenvalue weighted by Gasteiger charge is 2.15. The molecule has 4 rings (SSSR count). The predicted octanol–water partition coefficient (Wildman–Crippen LogP) is 4.00.